The summed E-state index contributed by atoms with van der Waals surface area (Å²) >= 11 is 0. The molecule has 1 aliphatic carbocycles. The maximum atomic E-state index is 12.6. The standard InChI is InChI=1S/C15H22N2O2/c1-11(12-6-3-4-7-13(12)18)17(2)14(19)15(10-16)8-5-9-15/h3-4,6-7,11,18H,5,8-10,16H2,1-2H3. The van der Waals surface area contributed by atoms with E-state index in [1.165, 1.54) is 0 Å². The lowest BCUT2D eigenvalue weighted by Crippen LogP contribution is -2.51. The molecule has 2 rings (SSSR count). The van der Waals surface area contributed by atoms with E-state index in [0.29, 0.717) is 6.54 Å². The lowest BCUT2D eigenvalue weighted by Gasteiger charge is -2.43. The molecule has 3 N–H and O–H groups in total. The number of hydrogen-bond donors (Lipinski definition) is 2. The second-order valence-electron chi connectivity index (χ2n) is 5.49. The van der Waals surface area contributed by atoms with Gasteiger partial charge in [0.05, 0.1) is 11.5 Å². The van der Waals surface area contributed by atoms with E-state index in [9.17, 15) is 9.90 Å². The summed E-state index contributed by atoms with van der Waals surface area (Å²) in [5.74, 6) is 0.321. The van der Waals surface area contributed by atoms with Crippen molar-refractivity contribution in [2.45, 2.75) is 32.2 Å². The fourth-order valence-electron chi connectivity index (χ4n) is 2.71. The Bertz CT molecular complexity index is 463. The van der Waals surface area contributed by atoms with Crippen LogP contribution in [0, 0.1) is 5.41 Å². The highest BCUT2D eigenvalue weighted by Crippen LogP contribution is 2.43. The minimum absolute atomic E-state index is 0.0944. The largest absolute Gasteiger partial charge is 0.508 e. The van der Waals surface area contributed by atoms with Crippen LogP contribution in [0.3, 0.4) is 0 Å². The number of benzene rings is 1. The van der Waals surface area contributed by atoms with Gasteiger partial charge in [0.2, 0.25) is 5.91 Å². The number of carbonyl (C=O) groups is 1. The third-order valence-corrected chi connectivity index (χ3v) is 4.44. The van der Waals surface area contributed by atoms with Gasteiger partial charge in [-0.3, -0.25) is 4.79 Å². The normalized spacial score (nSPS) is 18.5. The van der Waals surface area contributed by atoms with E-state index in [-0.39, 0.29) is 23.1 Å². The first kappa shape index (κ1) is 13.9. The number of amides is 1. The Balaban J connectivity index is 2.17. The fraction of sp³-hybridized carbons (Fsp3) is 0.533. The molecule has 0 aromatic heterocycles. The first-order valence-corrected chi connectivity index (χ1v) is 6.77. The first-order chi connectivity index (χ1) is 9.02. The van der Waals surface area contributed by atoms with Crippen LogP contribution in [-0.4, -0.2) is 29.5 Å². The SMILES string of the molecule is CC(c1ccccc1O)N(C)C(=O)C1(CN)CCC1. The van der Waals surface area contributed by atoms with Crippen LogP contribution < -0.4 is 5.73 Å². The van der Waals surface area contributed by atoms with Crippen molar-refractivity contribution in [3.05, 3.63) is 29.8 Å². The van der Waals surface area contributed by atoms with Gasteiger partial charge in [0.15, 0.2) is 0 Å². The third kappa shape index (κ3) is 2.32. The zero-order valence-corrected chi connectivity index (χ0v) is 11.6. The minimum Gasteiger partial charge on any atom is -0.508 e. The summed E-state index contributed by atoms with van der Waals surface area (Å²) in [5.41, 5.74) is 6.18. The number of hydrogen-bond acceptors (Lipinski definition) is 3. The predicted octanol–water partition coefficient (Wildman–Crippen LogP) is 2.04. The highest BCUT2D eigenvalue weighted by Gasteiger charge is 2.45. The van der Waals surface area contributed by atoms with Crippen LogP contribution in [0.4, 0.5) is 0 Å². The van der Waals surface area contributed by atoms with Gasteiger partial charge in [0.25, 0.3) is 0 Å². The Morgan fingerprint density at radius 1 is 1.47 bits per heavy atom. The summed E-state index contributed by atoms with van der Waals surface area (Å²) in [5, 5.41) is 9.88. The van der Waals surface area contributed by atoms with Crippen LogP contribution in [-0.2, 0) is 4.79 Å². The third-order valence-electron chi connectivity index (χ3n) is 4.44. The zero-order valence-electron chi connectivity index (χ0n) is 11.6. The van der Waals surface area contributed by atoms with Crippen molar-refractivity contribution < 1.29 is 9.90 Å². The average Bonchev–Trinajstić information content (AvgIpc) is 2.37. The number of aromatic hydroxyl groups is 1. The monoisotopic (exact) mass is 262 g/mol. The molecule has 1 aromatic rings. The quantitative estimate of drug-likeness (QED) is 0.872. The van der Waals surface area contributed by atoms with Gasteiger partial charge in [0.1, 0.15) is 5.75 Å². The van der Waals surface area contributed by atoms with Crippen molar-refractivity contribution in [3.8, 4) is 5.75 Å². The van der Waals surface area contributed by atoms with Gasteiger partial charge in [-0.2, -0.15) is 0 Å². The molecule has 0 heterocycles. The molecule has 0 spiro atoms. The summed E-state index contributed by atoms with van der Waals surface area (Å²) in [6.07, 6.45) is 2.82. The lowest BCUT2D eigenvalue weighted by atomic mass is 9.67. The van der Waals surface area contributed by atoms with Crippen molar-refractivity contribution in [2.75, 3.05) is 13.6 Å². The van der Waals surface area contributed by atoms with Crippen LogP contribution >= 0.6 is 0 Å². The number of phenolic OH excluding ortho intramolecular Hbond substituents is 1. The molecule has 0 bridgehead atoms. The lowest BCUT2D eigenvalue weighted by molar-refractivity contribution is -0.147. The minimum atomic E-state index is -0.368. The van der Waals surface area contributed by atoms with E-state index in [2.05, 4.69) is 0 Å². The van der Waals surface area contributed by atoms with Crippen molar-refractivity contribution in [1.29, 1.82) is 0 Å². The number of phenols is 1. The molecule has 1 aromatic carbocycles. The van der Waals surface area contributed by atoms with Gasteiger partial charge in [-0.05, 0) is 25.8 Å². The predicted molar refractivity (Wildman–Crippen MR) is 74.6 cm³/mol. The molecule has 0 aliphatic heterocycles. The molecule has 104 valence electrons. The number of rotatable bonds is 4. The number of nitrogens with two attached hydrogens (primary N) is 1. The molecule has 19 heavy (non-hydrogen) atoms. The first-order valence-electron chi connectivity index (χ1n) is 6.77. The zero-order chi connectivity index (χ0) is 14.0. The highest BCUT2D eigenvalue weighted by atomic mass is 16.3. The topological polar surface area (TPSA) is 66.6 Å². The molecular formula is C15H22N2O2. The van der Waals surface area contributed by atoms with Crippen LogP contribution in [0.2, 0.25) is 0 Å². The van der Waals surface area contributed by atoms with Gasteiger partial charge in [-0.1, -0.05) is 24.6 Å². The van der Waals surface area contributed by atoms with E-state index in [1.807, 2.05) is 19.1 Å². The molecule has 0 radical (unpaired) electrons. The fourth-order valence-corrected chi connectivity index (χ4v) is 2.71. The average molecular weight is 262 g/mol. The van der Waals surface area contributed by atoms with Crippen LogP contribution in [0.15, 0.2) is 24.3 Å². The molecule has 1 amide bonds. The van der Waals surface area contributed by atoms with E-state index >= 15 is 0 Å². The Morgan fingerprint density at radius 3 is 2.58 bits per heavy atom. The van der Waals surface area contributed by atoms with Gasteiger partial charge in [-0.25, -0.2) is 0 Å². The molecular weight excluding hydrogens is 240 g/mol. The molecule has 0 saturated heterocycles. The Morgan fingerprint density at radius 2 is 2.11 bits per heavy atom. The van der Waals surface area contributed by atoms with Crippen LogP contribution in [0.25, 0.3) is 0 Å². The maximum Gasteiger partial charge on any atom is 0.230 e. The summed E-state index contributed by atoms with van der Waals surface area (Å²) in [6.45, 7) is 2.33. The second-order valence-corrected chi connectivity index (χ2v) is 5.49. The second kappa shape index (κ2) is 5.21. The van der Waals surface area contributed by atoms with E-state index in [4.69, 9.17) is 5.73 Å². The smallest absolute Gasteiger partial charge is 0.230 e. The Kier molecular flexibility index (Phi) is 3.80. The van der Waals surface area contributed by atoms with Gasteiger partial charge < -0.3 is 15.7 Å². The van der Waals surface area contributed by atoms with Crippen molar-refractivity contribution in [2.24, 2.45) is 11.1 Å². The summed E-state index contributed by atoms with van der Waals surface area (Å²) in [4.78, 5) is 14.3. The number of para-hydroxylation sites is 1. The summed E-state index contributed by atoms with van der Waals surface area (Å²) < 4.78 is 0. The summed E-state index contributed by atoms with van der Waals surface area (Å²) in [6, 6.07) is 6.98. The van der Waals surface area contributed by atoms with Crippen molar-refractivity contribution in [3.63, 3.8) is 0 Å². The molecule has 4 nitrogen and oxygen atoms in total. The van der Waals surface area contributed by atoms with Gasteiger partial charge in [-0.15, -0.1) is 0 Å². The van der Waals surface area contributed by atoms with Gasteiger partial charge in [0, 0.05) is 19.2 Å². The molecule has 1 atom stereocenters. The Labute approximate surface area is 114 Å². The summed E-state index contributed by atoms with van der Waals surface area (Å²) in [7, 11) is 1.79. The van der Waals surface area contributed by atoms with Crippen LogP contribution in [0.5, 0.6) is 5.75 Å². The Hall–Kier alpha value is -1.55. The number of nitrogens with zero attached hydrogens (tertiary/aromatic N) is 1. The molecule has 1 aliphatic rings. The van der Waals surface area contributed by atoms with E-state index < -0.39 is 0 Å². The molecule has 4 heteroatoms. The van der Waals surface area contributed by atoms with E-state index in [1.54, 1.807) is 24.1 Å². The highest BCUT2D eigenvalue weighted by molar-refractivity contribution is 5.84. The van der Waals surface area contributed by atoms with E-state index in [0.717, 1.165) is 24.8 Å². The van der Waals surface area contributed by atoms with Crippen LogP contribution in [0.1, 0.15) is 37.8 Å². The molecule has 1 fully saturated rings. The number of carbonyl (C=O) groups excluding carboxylic acids is 1. The van der Waals surface area contributed by atoms with Gasteiger partial charge >= 0.3 is 0 Å². The maximum absolute atomic E-state index is 12.6. The van der Waals surface area contributed by atoms with Crippen molar-refractivity contribution in [1.82, 2.24) is 4.90 Å². The van der Waals surface area contributed by atoms with Crippen molar-refractivity contribution >= 4 is 5.91 Å². The molecule has 1 saturated carbocycles. The molecule has 1 unspecified atom stereocenters.